The molecular formula is C14H27NO5. The second-order valence-electron chi connectivity index (χ2n) is 6.40. The maximum absolute atomic E-state index is 11.4. The summed E-state index contributed by atoms with van der Waals surface area (Å²) >= 11 is 0. The van der Waals surface area contributed by atoms with E-state index in [0.29, 0.717) is 13.2 Å². The van der Waals surface area contributed by atoms with Crippen LogP contribution in [-0.4, -0.2) is 49.4 Å². The van der Waals surface area contributed by atoms with Crippen molar-refractivity contribution in [1.82, 2.24) is 5.32 Å². The first-order chi connectivity index (χ1) is 8.99. The molecule has 1 N–H and O–H groups in total. The fraction of sp³-hybridized carbons (Fsp3) is 0.857. The van der Waals surface area contributed by atoms with Crippen LogP contribution in [0.3, 0.4) is 0 Å². The molecule has 0 fully saturated rings. The van der Waals surface area contributed by atoms with Crippen LogP contribution in [0.1, 0.15) is 41.5 Å². The molecule has 0 radical (unpaired) electrons. The van der Waals surface area contributed by atoms with Crippen LogP contribution in [0.2, 0.25) is 0 Å². The lowest BCUT2D eigenvalue weighted by molar-refractivity contribution is -0.160. The first-order valence-electron chi connectivity index (χ1n) is 6.72. The summed E-state index contributed by atoms with van der Waals surface area (Å²) in [6.07, 6.45) is 0. The normalized spacial score (nSPS) is 12.1. The molecule has 0 aliphatic rings. The van der Waals surface area contributed by atoms with Crippen molar-refractivity contribution in [1.29, 1.82) is 0 Å². The third kappa shape index (κ3) is 13.3. The molecule has 6 heteroatoms. The summed E-state index contributed by atoms with van der Waals surface area (Å²) in [5, 5.41) is 2.88. The van der Waals surface area contributed by atoms with Gasteiger partial charge in [-0.25, -0.2) is 4.79 Å². The van der Waals surface area contributed by atoms with Crippen LogP contribution in [-0.2, 0) is 23.8 Å². The fourth-order valence-electron chi connectivity index (χ4n) is 1.24. The van der Waals surface area contributed by atoms with Gasteiger partial charge in [0, 0.05) is 6.54 Å². The van der Waals surface area contributed by atoms with Gasteiger partial charge in [-0.15, -0.1) is 0 Å². The quantitative estimate of drug-likeness (QED) is 0.562. The van der Waals surface area contributed by atoms with Crippen LogP contribution in [0.15, 0.2) is 0 Å². The van der Waals surface area contributed by atoms with E-state index in [2.05, 4.69) is 5.32 Å². The molecule has 118 valence electrons. The Balaban J connectivity index is 3.54. The van der Waals surface area contributed by atoms with E-state index in [1.165, 1.54) is 0 Å². The SMILES string of the molecule is CC(C)(C)OC(=O)CNCCOCC(=O)OC(C)(C)C. The molecule has 0 aromatic rings. The Kier molecular flexibility index (Phi) is 7.75. The number of carbonyl (C=O) groups is 2. The smallest absolute Gasteiger partial charge is 0.332 e. The van der Waals surface area contributed by atoms with E-state index >= 15 is 0 Å². The van der Waals surface area contributed by atoms with Gasteiger partial charge in [-0.3, -0.25) is 4.79 Å². The second-order valence-corrected chi connectivity index (χ2v) is 6.40. The van der Waals surface area contributed by atoms with E-state index < -0.39 is 17.2 Å². The van der Waals surface area contributed by atoms with Crippen molar-refractivity contribution in [2.45, 2.75) is 52.7 Å². The summed E-state index contributed by atoms with van der Waals surface area (Å²) in [5.41, 5.74) is -0.985. The third-order valence-electron chi connectivity index (χ3n) is 1.75. The molecule has 0 aromatic carbocycles. The molecule has 0 aliphatic heterocycles. The highest BCUT2D eigenvalue weighted by Crippen LogP contribution is 2.07. The molecule has 0 aromatic heterocycles. The lowest BCUT2D eigenvalue weighted by atomic mass is 10.2. The van der Waals surface area contributed by atoms with Gasteiger partial charge < -0.3 is 19.5 Å². The average Bonchev–Trinajstić information content (AvgIpc) is 2.17. The number of hydrogen-bond donors (Lipinski definition) is 1. The lowest BCUT2D eigenvalue weighted by Gasteiger charge is -2.20. The van der Waals surface area contributed by atoms with Crippen LogP contribution in [0.5, 0.6) is 0 Å². The summed E-state index contributed by atoms with van der Waals surface area (Å²) in [6, 6.07) is 0. The Labute approximate surface area is 121 Å². The monoisotopic (exact) mass is 289 g/mol. The van der Waals surface area contributed by atoms with Gasteiger partial charge >= 0.3 is 11.9 Å². The van der Waals surface area contributed by atoms with Crippen molar-refractivity contribution in [3.8, 4) is 0 Å². The second kappa shape index (κ2) is 8.21. The topological polar surface area (TPSA) is 73.9 Å². The largest absolute Gasteiger partial charge is 0.459 e. The van der Waals surface area contributed by atoms with Crippen molar-refractivity contribution in [3.63, 3.8) is 0 Å². The molecule has 0 amide bonds. The van der Waals surface area contributed by atoms with Crippen molar-refractivity contribution >= 4 is 11.9 Å². The minimum atomic E-state index is -0.505. The predicted octanol–water partition coefficient (Wildman–Crippen LogP) is 1.28. The molecule has 20 heavy (non-hydrogen) atoms. The summed E-state index contributed by atoms with van der Waals surface area (Å²) in [4.78, 5) is 22.7. The highest BCUT2D eigenvalue weighted by molar-refractivity contribution is 5.72. The summed E-state index contributed by atoms with van der Waals surface area (Å²) < 4.78 is 15.3. The predicted molar refractivity (Wildman–Crippen MR) is 75.4 cm³/mol. The van der Waals surface area contributed by atoms with Gasteiger partial charge in [0.2, 0.25) is 0 Å². The van der Waals surface area contributed by atoms with Crippen LogP contribution >= 0.6 is 0 Å². The van der Waals surface area contributed by atoms with Gasteiger partial charge in [-0.1, -0.05) is 0 Å². The van der Waals surface area contributed by atoms with Gasteiger partial charge in [-0.2, -0.15) is 0 Å². The minimum absolute atomic E-state index is 0.0919. The van der Waals surface area contributed by atoms with Crippen molar-refractivity contribution in [3.05, 3.63) is 0 Å². The fourth-order valence-corrected chi connectivity index (χ4v) is 1.24. The van der Waals surface area contributed by atoms with E-state index in [9.17, 15) is 9.59 Å². The van der Waals surface area contributed by atoms with E-state index in [1.807, 2.05) is 20.8 Å². The van der Waals surface area contributed by atoms with Gasteiger partial charge in [0.15, 0.2) is 0 Å². The molecule has 0 heterocycles. The standard InChI is InChI=1S/C14H27NO5/c1-13(2,3)19-11(16)9-15-7-8-18-10-12(17)20-14(4,5)6/h15H,7-10H2,1-6H3. The molecule has 0 unspecified atom stereocenters. The number of nitrogens with one attached hydrogen (secondary N) is 1. The maximum atomic E-state index is 11.4. The molecule has 0 saturated heterocycles. The number of rotatable bonds is 7. The van der Waals surface area contributed by atoms with Gasteiger partial charge in [0.1, 0.15) is 17.8 Å². The van der Waals surface area contributed by atoms with Crippen molar-refractivity contribution < 1.29 is 23.8 Å². The summed E-state index contributed by atoms with van der Waals surface area (Å²) in [5.74, 6) is -0.714. The van der Waals surface area contributed by atoms with Crippen LogP contribution in [0.4, 0.5) is 0 Å². The maximum Gasteiger partial charge on any atom is 0.332 e. The zero-order chi connectivity index (χ0) is 15.8. The van der Waals surface area contributed by atoms with E-state index in [4.69, 9.17) is 14.2 Å². The lowest BCUT2D eigenvalue weighted by Crippen LogP contribution is -2.33. The Morgan fingerprint density at radius 1 is 0.900 bits per heavy atom. The Morgan fingerprint density at radius 2 is 1.40 bits per heavy atom. The summed E-state index contributed by atoms with van der Waals surface area (Å²) in [6.45, 7) is 11.6. The number of carbonyl (C=O) groups excluding carboxylic acids is 2. The third-order valence-corrected chi connectivity index (χ3v) is 1.75. The van der Waals surface area contributed by atoms with Crippen LogP contribution < -0.4 is 5.32 Å². The molecule has 0 atom stereocenters. The number of esters is 2. The van der Waals surface area contributed by atoms with Crippen LogP contribution in [0.25, 0.3) is 0 Å². The molecule has 0 saturated carbocycles. The molecule has 0 spiro atoms. The molecule has 0 bridgehead atoms. The van der Waals surface area contributed by atoms with E-state index in [1.54, 1.807) is 20.8 Å². The average molecular weight is 289 g/mol. The molecule has 0 aliphatic carbocycles. The Morgan fingerprint density at radius 3 is 1.90 bits per heavy atom. The highest BCUT2D eigenvalue weighted by Gasteiger charge is 2.16. The number of hydrogen-bond acceptors (Lipinski definition) is 6. The van der Waals surface area contributed by atoms with Gasteiger partial charge in [-0.05, 0) is 41.5 Å². The van der Waals surface area contributed by atoms with Gasteiger partial charge in [0.05, 0.1) is 13.2 Å². The summed E-state index contributed by atoms with van der Waals surface area (Å²) in [7, 11) is 0. The Bertz CT molecular complexity index is 283. The van der Waals surface area contributed by atoms with Crippen LogP contribution in [0, 0.1) is 0 Å². The Hall–Kier alpha value is -1.14. The van der Waals surface area contributed by atoms with E-state index in [-0.39, 0.29) is 19.1 Å². The highest BCUT2D eigenvalue weighted by atomic mass is 16.6. The zero-order valence-corrected chi connectivity index (χ0v) is 13.4. The first kappa shape index (κ1) is 18.9. The molecule has 6 nitrogen and oxygen atoms in total. The number of ether oxygens (including phenoxy) is 3. The van der Waals surface area contributed by atoms with Crippen molar-refractivity contribution in [2.24, 2.45) is 0 Å². The van der Waals surface area contributed by atoms with Crippen molar-refractivity contribution in [2.75, 3.05) is 26.3 Å². The van der Waals surface area contributed by atoms with E-state index in [0.717, 1.165) is 0 Å². The first-order valence-corrected chi connectivity index (χ1v) is 6.72. The minimum Gasteiger partial charge on any atom is -0.459 e. The zero-order valence-electron chi connectivity index (χ0n) is 13.4. The molecule has 0 rings (SSSR count). The van der Waals surface area contributed by atoms with Gasteiger partial charge in [0.25, 0.3) is 0 Å². The molecular weight excluding hydrogens is 262 g/mol.